The van der Waals surface area contributed by atoms with Crippen LogP contribution in [0, 0.1) is 0 Å². The maximum atomic E-state index is 13.0. The first kappa shape index (κ1) is 34.7. The van der Waals surface area contributed by atoms with E-state index in [0.29, 0.717) is 30.0 Å². The molecule has 1 N–H and O–H groups in total. The minimum Gasteiger partial charge on any atom is -0.466 e. The van der Waals surface area contributed by atoms with E-state index in [0.717, 1.165) is 6.08 Å². The highest BCUT2D eigenvalue weighted by molar-refractivity contribution is 5.99. The highest BCUT2D eigenvalue weighted by Crippen LogP contribution is 2.19. The van der Waals surface area contributed by atoms with Crippen LogP contribution < -0.4 is 17.1 Å². The van der Waals surface area contributed by atoms with E-state index in [1.54, 1.807) is 30.3 Å². The number of carbonyl (C=O) groups is 4. The van der Waals surface area contributed by atoms with Crippen LogP contribution in [0.25, 0.3) is 10.8 Å². The second-order valence-corrected chi connectivity index (χ2v) is 9.22. The monoisotopic (exact) mass is 637 g/mol. The molecule has 0 aliphatic carbocycles. The number of benzene rings is 2. The summed E-state index contributed by atoms with van der Waals surface area (Å²) in [6.45, 7) is -2.62. The number of fused-ring (bicyclic) bond motifs is 1. The Morgan fingerprint density at radius 3 is 1.61 bits per heavy atom. The van der Waals surface area contributed by atoms with Gasteiger partial charge >= 0.3 is 40.9 Å². The van der Waals surface area contributed by atoms with Crippen molar-refractivity contribution in [3.63, 3.8) is 0 Å². The van der Waals surface area contributed by atoms with Crippen molar-refractivity contribution in [2.45, 2.75) is 19.6 Å². The minimum atomic E-state index is -1.03. The third-order valence-corrected chi connectivity index (χ3v) is 6.31. The van der Waals surface area contributed by atoms with Crippen molar-refractivity contribution in [3.05, 3.63) is 115 Å². The van der Waals surface area contributed by atoms with Crippen LogP contribution in [0.3, 0.4) is 0 Å². The average Bonchev–Trinajstić information content (AvgIpc) is 3.06. The van der Waals surface area contributed by atoms with Crippen molar-refractivity contribution in [3.8, 4) is 0 Å². The van der Waals surface area contributed by atoms with Gasteiger partial charge in [0.25, 0.3) is 0 Å². The molecule has 0 aliphatic heterocycles. The quantitative estimate of drug-likeness (QED) is 0.111. The maximum Gasteiger partial charge on any atom is 0.338 e. The van der Waals surface area contributed by atoms with Crippen LogP contribution in [0.1, 0.15) is 20.7 Å². The zero-order valence-electron chi connectivity index (χ0n) is 25.0. The van der Waals surface area contributed by atoms with E-state index in [2.05, 4.69) is 4.74 Å². The number of nitrogens with zero attached hydrogens (tertiary/aromatic N) is 3. The smallest absolute Gasteiger partial charge is 0.338 e. The first-order valence-electron chi connectivity index (χ1n) is 13.7. The summed E-state index contributed by atoms with van der Waals surface area (Å²) in [6.07, 6.45) is 7.89. The van der Waals surface area contributed by atoms with Gasteiger partial charge in [0.15, 0.2) is 0 Å². The fourth-order valence-electron chi connectivity index (χ4n) is 4.04. The Hall–Kier alpha value is -5.83. The van der Waals surface area contributed by atoms with Crippen LogP contribution in [0.15, 0.2) is 87.2 Å². The van der Waals surface area contributed by atoms with Crippen molar-refractivity contribution in [2.24, 2.45) is 0 Å². The fraction of sp³-hybridized carbons (Fsp3) is 0.258. The van der Waals surface area contributed by atoms with Gasteiger partial charge in [-0.1, -0.05) is 36.4 Å². The second-order valence-electron chi connectivity index (χ2n) is 9.22. The molecule has 0 radical (unpaired) electrons. The van der Waals surface area contributed by atoms with Gasteiger partial charge in [-0.25, -0.2) is 47.3 Å². The van der Waals surface area contributed by atoms with Gasteiger partial charge in [-0.15, -0.1) is 0 Å². The normalized spacial score (nSPS) is 11.4. The molecule has 0 unspecified atom stereocenters. The molecule has 0 atom stereocenters. The van der Waals surface area contributed by atoms with Crippen molar-refractivity contribution < 1.29 is 43.2 Å². The number of hydrogen-bond donors (Lipinski definition) is 1. The summed E-state index contributed by atoms with van der Waals surface area (Å²) in [5.74, 6) is -2.59. The standard InChI is InChI=1S/C31H31N3O12/c1-43-25(36)7-5-3-4-6-8-26(37)45-17-14-33-29(40)32(13-16-35)30(41)34(31(33)42)15-18-46-28(39)24-12-10-21-19-23(27(38)44-2)11-9-22(21)20-24/h3-12,19-20,35H,13-18H2,1-2H3/b4-3+,7-5+,8-6+. The molecule has 15 heteroatoms. The molecule has 0 saturated heterocycles. The molecule has 0 fully saturated rings. The first-order valence-corrected chi connectivity index (χ1v) is 13.7. The van der Waals surface area contributed by atoms with Gasteiger partial charge in [0, 0.05) is 12.2 Å². The van der Waals surface area contributed by atoms with Crippen molar-refractivity contribution in [2.75, 3.05) is 34.0 Å². The van der Waals surface area contributed by atoms with Crippen LogP contribution in [-0.2, 0) is 48.2 Å². The van der Waals surface area contributed by atoms with Gasteiger partial charge in [-0.05, 0) is 35.0 Å². The molecule has 1 heterocycles. The molecule has 3 rings (SSSR count). The van der Waals surface area contributed by atoms with E-state index in [1.165, 1.54) is 50.7 Å². The summed E-state index contributed by atoms with van der Waals surface area (Å²) >= 11 is 0. The van der Waals surface area contributed by atoms with Crippen LogP contribution >= 0.6 is 0 Å². The van der Waals surface area contributed by atoms with Gasteiger partial charge in [0.2, 0.25) is 0 Å². The summed E-state index contributed by atoms with van der Waals surface area (Å²) in [5.41, 5.74) is -2.54. The van der Waals surface area contributed by atoms with E-state index in [-0.39, 0.29) is 5.56 Å². The second kappa shape index (κ2) is 16.9. The number of aliphatic hydroxyl groups is 1. The summed E-state index contributed by atoms with van der Waals surface area (Å²) < 4.78 is 21.4. The largest absolute Gasteiger partial charge is 0.466 e. The summed E-state index contributed by atoms with van der Waals surface area (Å²) in [7, 11) is 2.50. The first-order chi connectivity index (χ1) is 22.1. The fourth-order valence-corrected chi connectivity index (χ4v) is 4.04. The van der Waals surface area contributed by atoms with E-state index in [1.807, 2.05) is 0 Å². The molecule has 46 heavy (non-hydrogen) atoms. The molecular formula is C31H31N3O12. The number of allylic oxidation sites excluding steroid dienone is 4. The van der Waals surface area contributed by atoms with Crippen LogP contribution in [0.5, 0.6) is 0 Å². The van der Waals surface area contributed by atoms with E-state index in [9.17, 15) is 38.7 Å². The van der Waals surface area contributed by atoms with Crippen molar-refractivity contribution >= 4 is 34.6 Å². The number of methoxy groups -OCH3 is 2. The Morgan fingerprint density at radius 2 is 1.11 bits per heavy atom. The summed E-state index contributed by atoms with van der Waals surface area (Å²) in [4.78, 5) is 86.1. The lowest BCUT2D eigenvalue weighted by Gasteiger charge is -2.13. The number of carbonyl (C=O) groups excluding carboxylic acids is 4. The van der Waals surface area contributed by atoms with E-state index in [4.69, 9.17) is 14.2 Å². The number of aromatic nitrogens is 3. The number of aliphatic hydroxyl groups excluding tert-OH is 1. The Morgan fingerprint density at radius 1 is 0.630 bits per heavy atom. The van der Waals surface area contributed by atoms with Crippen molar-refractivity contribution in [1.29, 1.82) is 0 Å². The zero-order valence-corrected chi connectivity index (χ0v) is 25.0. The average molecular weight is 638 g/mol. The van der Waals surface area contributed by atoms with E-state index < -0.39 is 80.4 Å². The molecule has 0 spiro atoms. The number of ether oxygens (including phenoxy) is 4. The molecule has 3 aromatic rings. The maximum absolute atomic E-state index is 13.0. The summed E-state index contributed by atoms with van der Waals surface area (Å²) in [6, 6.07) is 9.46. The molecule has 0 bridgehead atoms. The van der Waals surface area contributed by atoms with Gasteiger partial charge in [0.05, 0.1) is 51.6 Å². The van der Waals surface area contributed by atoms with Gasteiger partial charge in [0.1, 0.15) is 13.2 Å². The van der Waals surface area contributed by atoms with E-state index >= 15 is 0 Å². The van der Waals surface area contributed by atoms with Gasteiger partial charge in [-0.2, -0.15) is 0 Å². The number of hydrogen-bond acceptors (Lipinski definition) is 12. The molecule has 0 aliphatic rings. The lowest BCUT2D eigenvalue weighted by atomic mass is 10.0. The number of rotatable bonds is 14. The molecular weight excluding hydrogens is 606 g/mol. The zero-order chi connectivity index (χ0) is 33.6. The van der Waals surface area contributed by atoms with Crippen LogP contribution in [0.4, 0.5) is 0 Å². The SMILES string of the molecule is COC(=O)/C=C/C=C/C=C/C(=O)OCCn1c(=O)n(CCO)c(=O)n(CCOC(=O)c2ccc3cc(C(=O)OC)ccc3c2)c1=O. The lowest BCUT2D eigenvalue weighted by molar-refractivity contribution is -0.138. The molecule has 15 nitrogen and oxygen atoms in total. The van der Waals surface area contributed by atoms with Crippen LogP contribution in [-0.4, -0.2) is 76.7 Å². The Kier molecular flexibility index (Phi) is 12.7. The minimum absolute atomic E-state index is 0.178. The Balaban J connectivity index is 1.67. The Bertz CT molecular complexity index is 1880. The number of esters is 4. The lowest BCUT2D eigenvalue weighted by Crippen LogP contribution is -2.55. The van der Waals surface area contributed by atoms with Gasteiger partial charge in [-0.3, -0.25) is 0 Å². The highest BCUT2D eigenvalue weighted by Gasteiger charge is 2.17. The predicted molar refractivity (Wildman–Crippen MR) is 162 cm³/mol. The predicted octanol–water partition coefficient (Wildman–Crippen LogP) is 0.346. The molecule has 0 saturated carbocycles. The summed E-state index contributed by atoms with van der Waals surface area (Å²) in [5, 5.41) is 10.7. The topological polar surface area (TPSA) is 191 Å². The molecule has 2 aromatic carbocycles. The molecule has 1 aromatic heterocycles. The molecule has 242 valence electrons. The third kappa shape index (κ3) is 9.09. The van der Waals surface area contributed by atoms with Crippen LogP contribution in [0.2, 0.25) is 0 Å². The Labute approximate surface area is 260 Å². The van der Waals surface area contributed by atoms with Gasteiger partial charge < -0.3 is 24.1 Å². The third-order valence-electron chi connectivity index (χ3n) is 6.31. The molecule has 0 amide bonds. The highest BCUT2D eigenvalue weighted by atomic mass is 16.5. The van der Waals surface area contributed by atoms with Crippen molar-refractivity contribution in [1.82, 2.24) is 13.7 Å².